The number of benzene rings is 1. The smallest absolute Gasteiger partial charge is 0.273 e. The molecular weight excluding hydrogens is 254 g/mol. The molecule has 88 valence electrons. The van der Waals surface area contributed by atoms with Crippen LogP contribution in [0.4, 0.5) is 5.69 Å². The first kappa shape index (κ1) is 12.8. The van der Waals surface area contributed by atoms with Gasteiger partial charge in [0.2, 0.25) is 0 Å². The van der Waals surface area contributed by atoms with Gasteiger partial charge in [-0.05, 0) is 13.0 Å². The second kappa shape index (κ2) is 5.71. The van der Waals surface area contributed by atoms with Crippen molar-refractivity contribution in [2.75, 3.05) is 6.61 Å². The van der Waals surface area contributed by atoms with E-state index in [2.05, 4.69) is 0 Å². The first-order chi connectivity index (χ1) is 7.54. The molecule has 0 atom stereocenters. The Hall–Kier alpha value is -1.28. The summed E-state index contributed by atoms with van der Waals surface area (Å²) in [5, 5.41) is 10.5. The van der Waals surface area contributed by atoms with E-state index < -0.39 is 14.7 Å². The maximum atomic E-state index is 10.6. The van der Waals surface area contributed by atoms with E-state index in [9.17, 15) is 18.5 Å². The van der Waals surface area contributed by atoms with Crippen LogP contribution in [0.3, 0.4) is 0 Å². The van der Waals surface area contributed by atoms with Gasteiger partial charge in [-0.1, -0.05) is 0 Å². The molecular formula is C8H9NO5S2. The van der Waals surface area contributed by atoms with Crippen molar-refractivity contribution in [3.05, 3.63) is 28.3 Å². The first-order valence-electron chi connectivity index (χ1n) is 4.28. The number of hydrogen-bond acceptors (Lipinski definition) is 6. The van der Waals surface area contributed by atoms with Crippen LogP contribution in [0.5, 0.6) is 5.75 Å². The molecule has 8 heteroatoms. The standard InChI is InChI=1S/C8H9NO5S2/c1-2-14-7-5-6(9(10)11)3-4-8(7)15-16(12)13/h3-5,16H,2H2,1H3. The summed E-state index contributed by atoms with van der Waals surface area (Å²) in [7, 11) is -2.07. The highest BCUT2D eigenvalue weighted by Gasteiger charge is 2.12. The fourth-order valence-corrected chi connectivity index (χ4v) is 2.47. The van der Waals surface area contributed by atoms with E-state index in [1.54, 1.807) is 6.92 Å². The Balaban J connectivity index is 3.12. The third-order valence-corrected chi connectivity index (χ3v) is 3.33. The lowest BCUT2D eigenvalue weighted by atomic mass is 10.3. The Labute approximate surface area is 97.1 Å². The normalized spacial score (nSPS) is 10.4. The molecule has 16 heavy (non-hydrogen) atoms. The molecule has 0 spiro atoms. The van der Waals surface area contributed by atoms with E-state index in [4.69, 9.17) is 4.74 Å². The van der Waals surface area contributed by atoms with Crippen molar-refractivity contribution < 1.29 is 18.1 Å². The number of rotatable bonds is 5. The second-order valence-electron chi connectivity index (χ2n) is 2.64. The van der Waals surface area contributed by atoms with Crippen molar-refractivity contribution in [3.8, 4) is 5.75 Å². The first-order valence-corrected chi connectivity index (χ1v) is 6.88. The van der Waals surface area contributed by atoms with Gasteiger partial charge in [0, 0.05) is 16.9 Å². The van der Waals surface area contributed by atoms with Crippen LogP contribution >= 0.6 is 10.8 Å². The number of nitro groups is 1. The van der Waals surface area contributed by atoms with Gasteiger partial charge >= 0.3 is 0 Å². The third-order valence-electron chi connectivity index (χ3n) is 1.61. The van der Waals surface area contributed by atoms with Crippen molar-refractivity contribution in [3.63, 3.8) is 0 Å². The molecule has 0 aliphatic carbocycles. The summed E-state index contributed by atoms with van der Waals surface area (Å²) in [6.45, 7) is 2.02. The zero-order chi connectivity index (χ0) is 12.1. The van der Waals surface area contributed by atoms with Gasteiger partial charge in [-0.2, -0.15) is 0 Å². The van der Waals surface area contributed by atoms with Gasteiger partial charge in [-0.3, -0.25) is 10.1 Å². The topological polar surface area (TPSA) is 86.5 Å². The Morgan fingerprint density at radius 1 is 1.50 bits per heavy atom. The van der Waals surface area contributed by atoms with Crippen LogP contribution in [0, 0.1) is 10.1 Å². The van der Waals surface area contributed by atoms with Gasteiger partial charge in [0.15, 0.2) is 9.74 Å². The van der Waals surface area contributed by atoms with Gasteiger partial charge in [0.05, 0.1) is 22.5 Å². The number of hydrogen-bond donors (Lipinski definition) is 1. The van der Waals surface area contributed by atoms with Crippen LogP contribution in [0.25, 0.3) is 0 Å². The number of nitro benzene ring substituents is 1. The summed E-state index contributed by atoms with van der Waals surface area (Å²) in [6.07, 6.45) is 0. The lowest BCUT2D eigenvalue weighted by Gasteiger charge is -2.06. The second-order valence-corrected chi connectivity index (χ2v) is 5.15. The molecule has 0 aromatic heterocycles. The van der Waals surface area contributed by atoms with E-state index in [1.165, 1.54) is 18.2 Å². The average Bonchev–Trinajstić information content (AvgIpc) is 2.20. The molecule has 0 fully saturated rings. The number of nitrogens with zero attached hydrogens (tertiary/aromatic N) is 1. The summed E-state index contributed by atoms with van der Waals surface area (Å²) in [4.78, 5) is 10.3. The SMILES string of the molecule is CCOc1cc([N+](=O)[O-])ccc1S[SH](=O)=O. The van der Waals surface area contributed by atoms with Gasteiger partial charge in [0.25, 0.3) is 5.69 Å². The van der Waals surface area contributed by atoms with Crippen molar-refractivity contribution in [1.29, 1.82) is 0 Å². The number of non-ortho nitro benzene ring substituents is 1. The van der Waals surface area contributed by atoms with Crippen LogP contribution in [0.2, 0.25) is 0 Å². The van der Waals surface area contributed by atoms with Gasteiger partial charge in [-0.25, -0.2) is 8.42 Å². The number of ether oxygens (including phenoxy) is 1. The predicted molar refractivity (Wildman–Crippen MR) is 60.4 cm³/mol. The van der Waals surface area contributed by atoms with Crippen molar-refractivity contribution >= 4 is 26.2 Å². The average molecular weight is 263 g/mol. The molecule has 0 N–H and O–H groups in total. The molecule has 1 aromatic carbocycles. The Morgan fingerprint density at radius 3 is 2.69 bits per heavy atom. The van der Waals surface area contributed by atoms with E-state index in [1.807, 2.05) is 0 Å². The molecule has 0 unspecified atom stereocenters. The van der Waals surface area contributed by atoms with Crippen LogP contribution in [0.1, 0.15) is 6.92 Å². The third kappa shape index (κ3) is 3.38. The zero-order valence-electron chi connectivity index (χ0n) is 8.28. The van der Waals surface area contributed by atoms with Crippen LogP contribution in [-0.4, -0.2) is 19.9 Å². The molecule has 0 heterocycles. The van der Waals surface area contributed by atoms with E-state index in [-0.39, 0.29) is 11.4 Å². The fourth-order valence-electron chi connectivity index (χ4n) is 1.03. The molecule has 6 nitrogen and oxygen atoms in total. The van der Waals surface area contributed by atoms with Crippen LogP contribution in [-0.2, 0) is 9.74 Å². The molecule has 0 saturated carbocycles. The minimum atomic E-state index is -2.66. The van der Waals surface area contributed by atoms with Gasteiger partial charge in [-0.15, -0.1) is 0 Å². The molecule has 0 bridgehead atoms. The minimum Gasteiger partial charge on any atom is -0.492 e. The minimum absolute atomic E-state index is 0.131. The summed E-state index contributed by atoms with van der Waals surface area (Å²) < 4.78 is 26.2. The highest BCUT2D eigenvalue weighted by atomic mass is 33.1. The van der Waals surface area contributed by atoms with E-state index in [0.29, 0.717) is 22.3 Å². The zero-order valence-corrected chi connectivity index (χ0v) is 9.99. The lowest BCUT2D eigenvalue weighted by Crippen LogP contribution is -1.95. The predicted octanol–water partition coefficient (Wildman–Crippen LogP) is 1.61. The number of thiol groups is 1. The lowest BCUT2D eigenvalue weighted by molar-refractivity contribution is -0.385. The van der Waals surface area contributed by atoms with Crippen LogP contribution < -0.4 is 4.74 Å². The Kier molecular flexibility index (Phi) is 4.56. The quantitative estimate of drug-likeness (QED) is 0.376. The van der Waals surface area contributed by atoms with Crippen molar-refractivity contribution in [2.45, 2.75) is 11.8 Å². The molecule has 1 rings (SSSR count). The fraction of sp³-hybridized carbons (Fsp3) is 0.250. The highest BCUT2D eigenvalue weighted by molar-refractivity contribution is 8.64. The molecule has 0 aliphatic heterocycles. The largest absolute Gasteiger partial charge is 0.492 e. The summed E-state index contributed by atoms with van der Waals surface area (Å²) in [5.74, 6) is 0.209. The summed E-state index contributed by atoms with van der Waals surface area (Å²) >= 11 is 0. The van der Waals surface area contributed by atoms with Crippen LogP contribution in [0.15, 0.2) is 23.1 Å². The molecule has 0 aliphatic rings. The molecule has 0 saturated heterocycles. The summed E-state index contributed by atoms with van der Waals surface area (Å²) in [5.41, 5.74) is -0.131. The molecule has 1 aromatic rings. The molecule has 0 amide bonds. The van der Waals surface area contributed by atoms with Crippen molar-refractivity contribution in [1.82, 2.24) is 0 Å². The summed E-state index contributed by atoms with van der Waals surface area (Å²) in [6, 6.07) is 3.81. The van der Waals surface area contributed by atoms with Gasteiger partial charge in [0.1, 0.15) is 5.75 Å². The maximum Gasteiger partial charge on any atom is 0.273 e. The maximum absolute atomic E-state index is 10.6. The molecule has 0 radical (unpaired) electrons. The monoisotopic (exact) mass is 263 g/mol. The van der Waals surface area contributed by atoms with Crippen molar-refractivity contribution in [2.24, 2.45) is 0 Å². The Bertz CT molecular complexity index is 463. The van der Waals surface area contributed by atoms with Gasteiger partial charge < -0.3 is 4.74 Å². The Morgan fingerprint density at radius 2 is 2.19 bits per heavy atom. The highest BCUT2D eigenvalue weighted by Crippen LogP contribution is 2.32. The van der Waals surface area contributed by atoms with E-state index >= 15 is 0 Å². The van der Waals surface area contributed by atoms with E-state index in [0.717, 1.165) is 0 Å².